The Morgan fingerprint density at radius 2 is 2.30 bits per heavy atom. The first-order valence-electron chi connectivity index (χ1n) is 6.32. The van der Waals surface area contributed by atoms with Crippen molar-refractivity contribution in [1.29, 1.82) is 0 Å². The number of pyridine rings is 1. The smallest absolute Gasteiger partial charge is 0.237 e. The Bertz CT molecular complexity index is 418. The highest BCUT2D eigenvalue weighted by atomic mass is 35.5. The summed E-state index contributed by atoms with van der Waals surface area (Å²) in [6.07, 6.45) is 2.47. The second kappa shape index (κ2) is 9.80. The number of halogens is 2. The van der Waals surface area contributed by atoms with E-state index in [-0.39, 0.29) is 24.2 Å². The van der Waals surface area contributed by atoms with E-state index in [0.29, 0.717) is 24.1 Å². The number of nitrogens with two attached hydrogens (primary N) is 1. The first kappa shape index (κ1) is 19.0. The van der Waals surface area contributed by atoms with Crippen LogP contribution in [0.3, 0.4) is 0 Å². The normalized spacial score (nSPS) is 13.0. The van der Waals surface area contributed by atoms with Crippen molar-refractivity contribution in [2.75, 3.05) is 13.2 Å². The molecule has 2 atom stereocenters. The molecule has 7 heteroatoms. The highest BCUT2D eigenvalue weighted by Gasteiger charge is 2.18. The summed E-state index contributed by atoms with van der Waals surface area (Å²) in [5.74, 6) is 0.362. The lowest BCUT2D eigenvalue weighted by Gasteiger charge is -2.17. The van der Waals surface area contributed by atoms with Crippen LogP contribution in [0.1, 0.15) is 20.3 Å². The van der Waals surface area contributed by atoms with Gasteiger partial charge >= 0.3 is 0 Å². The first-order valence-corrected chi connectivity index (χ1v) is 6.70. The molecule has 1 amide bonds. The molecule has 1 aromatic heterocycles. The minimum absolute atomic E-state index is 0. The highest BCUT2D eigenvalue weighted by molar-refractivity contribution is 6.31. The molecule has 1 aromatic rings. The Kier molecular flexibility index (Phi) is 9.29. The fourth-order valence-corrected chi connectivity index (χ4v) is 1.61. The standard InChI is InChI=1S/C13H20ClN3O2.ClH/c1-3-9(2)11(15)12(18)16-7-8-19-13-10(14)5-4-6-17-13;/h4-6,9,11H,3,7-8,15H2,1-2H3,(H,16,18);1H. The van der Waals surface area contributed by atoms with Crippen LogP contribution in [0.5, 0.6) is 5.88 Å². The van der Waals surface area contributed by atoms with Crippen LogP contribution in [0.15, 0.2) is 18.3 Å². The number of ether oxygens (including phenoxy) is 1. The second-order valence-electron chi connectivity index (χ2n) is 4.34. The lowest BCUT2D eigenvalue weighted by molar-refractivity contribution is -0.123. The van der Waals surface area contributed by atoms with Gasteiger partial charge in [0.05, 0.1) is 12.6 Å². The van der Waals surface area contributed by atoms with Crippen LogP contribution in [0, 0.1) is 5.92 Å². The van der Waals surface area contributed by atoms with E-state index in [1.807, 2.05) is 13.8 Å². The van der Waals surface area contributed by atoms with E-state index in [9.17, 15) is 4.79 Å². The summed E-state index contributed by atoms with van der Waals surface area (Å²) in [5, 5.41) is 3.18. The second-order valence-corrected chi connectivity index (χ2v) is 4.75. The van der Waals surface area contributed by atoms with Crippen molar-refractivity contribution >= 4 is 29.9 Å². The van der Waals surface area contributed by atoms with Gasteiger partial charge < -0.3 is 15.8 Å². The summed E-state index contributed by atoms with van der Waals surface area (Å²) in [5.41, 5.74) is 5.80. The van der Waals surface area contributed by atoms with Crippen molar-refractivity contribution < 1.29 is 9.53 Å². The molecular formula is C13H21Cl2N3O2. The number of amides is 1. The Balaban J connectivity index is 0.00000361. The Hall–Kier alpha value is -1.04. The molecule has 0 aliphatic rings. The fraction of sp³-hybridized carbons (Fsp3) is 0.538. The largest absolute Gasteiger partial charge is 0.475 e. The van der Waals surface area contributed by atoms with E-state index in [1.165, 1.54) is 0 Å². The third-order valence-electron chi connectivity index (χ3n) is 2.92. The topological polar surface area (TPSA) is 77.2 Å². The number of nitrogens with one attached hydrogen (secondary N) is 1. The number of aromatic nitrogens is 1. The molecule has 5 nitrogen and oxygen atoms in total. The van der Waals surface area contributed by atoms with Crippen molar-refractivity contribution in [2.24, 2.45) is 11.7 Å². The average Bonchev–Trinajstić information content (AvgIpc) is 2.43. The maximum absolute atomic E-state index is 11.7. The Morgan fingerprint density at radius 1 is 1.60 bits per heavy atom. The van der Waals surface area contributed by atoms with Crippen molar-refractivity contribution in [1.82, 2.24) is 10.3 Å². The van der Waals surface area contributed by atoms with Gasteiger partial charge in [-0.05, 0) is 18.1 Å². The Labute approximate surface area is 130 Å². The summed E-state index contributed by atoms with van der Waals surface area (Å²) in [7, 11) is 0. The van der Waals surface area contributed by atoms with Gasteiger partial charge in [-0.15, -0.1) is 12.4 Å². The van der Waals surface area contributed by atoms with Gasteiger partial charge in [-0.2, -0.15) is 0 Å². The van der Waals surface area contributed by atoms with Gasteiger partial charge in [0.2, 0.25) is 11.8 Å². The van der Waals surface area contributed by atoms with Crippen molar-refractivity contribution in [3.63, 3.8) is 0 Å². The third-order valence-corrected chi connectivity index (χ3v) is 3.21. The van der Waals surface area contributed by atoms with Crippen molar-refractivity contribution in [3.8, 4) is 5.88 Å². The summed E-state index contributed by atoms with van der Waals surface area (Å²) in [6.45, 7) is 4.63. The number of carbonyl (C=O) groups is 1. The monoisotopic (exact) mass is 321 g/mol. The van der Waals surface area contributed by atoms with Gasteiger partial charge in [0.25, 0.3) is 0 Å². The van der Waals surface area contributed by atoms with E-state index in [4.69, 9.17) is 22.1 Å². The van der Waals surface area contributed by atoms with E-state index in [0.717, 1.165) is 6.42 Å². The van der Waals surface area contributed by atoms with Crippen molar-refractivity contribution in [3.05, 3.63) is 23.4 Å². The number of rotatable bonds is 7. The fourth-order valence-electron chi connectivity index (χ4n) is 1.43. The zero-order chi connectivity index (χ0) is 14.3. The molecule has 0 bridgehead atoms. The first-order chi connectivity index (χ1) is 9.06. The summed E-state index contributed by atoms with van der Waals surface area (Å²) in [4.78, 5) is 15.7. The summed E-state index contributed by atoms with van der Waals surface area (Å²) < 4.78 is 5.36. The zero-order valence-electron chi connectivity index (χ0n) is 11.6. The Morgan fingerprint density at radius 3 is 2.90 bits per heavy atom. The molecule has 0 saturated heterocycles. The molecular weight excluding hydrogens is 301 g/mol. The van der Waals surface area contributed by atoms with Gasteiger partial charge in [0.15, 0.2) is 0 Å². The maximum atomic E-state index is 11.7. The van der Waals surface area contributed by atoms with Crippen LogP contribution in [0.4, 0.5) is 0 Å². The predicted octanol–water partition coefficient (Wildman–Crippen LogP) is 2.03. The van der Waals surface area contributed by atoms with Crippen LogP contribution < -0.4 is 15.8 Å². The lowest BCUT2D eigenvalue weighted by Crippen LogP contribution is -2.45. The number of carbonyl (C=O) groups excluding carboxylic acids is 1. The molecule has 1 heterocycles. The van der Waals surface area contributed by atoms with E-state index in [2.05, 4.69) is 10.3 Å². The molecule has 0 saturated carbocycles. The van der Waals surface area contributed by atoms with Gasteiger partial charge in [0, 0.05) is 6.20 Å². The molecule has 2 unspecified atom stereocenters. The number of hydrogen-bond acceptors (Lipinski definition) is 4. The molecule has 0 aliphatic heterocycles. The summed E-state index contributed by atoms with van der Waals surface area (Å²) in [6, 6.07) is 2.94. The van der Waals surface area contributed by atoms with Crippen LogP contribution in [-0.4, -0.2) is 30.1 Å². The summed E-state index contributed by atoms with van der Waals surface area (Å²) >= 11 is 5.88. The minimum atomic E-state index is -0.483. The van der Waals surface area contributed by atoms with E-state index < -0.39 is 6.04 Å². The molecule has 3 N–H and O–H groups in total. The lowest BCUT2D eigenvalue weighted by atomic mass is 9.99. The predicted molar refractivity (Wildman–Crippen MR) is 82.4 cm³/mol. The van der Waals surface area contributed by atoms with E-state index >= 15 is 0 Å². The minimum Gasteiger partial charge on any atom is -0.475 e. The van der Waals surface area contributed by atoms with Crippen LogP contribution in [0.25, 0.3) is 0 Å². The molecule has 0 fully saturated rings. The SMILES string of the molecule is CCC(C)C(N)C(=O)NCCOc1ncccc1Cl.Cl. The molecule has 114 valence electrons. The van der Waals surface area contributed by atoms with Gasteiger partial charge in [0.1, 0.15) is 11.6 Å². The average molecular weight is 322 g/mol. The molecule has 1 rings (SSSR count). The van der Waals surface area contributed by atoms with Crippen molar-refractivity contribution in [2.45, 2.75) is 26.3 Å². The number of nitrogens with zero attached hydrogens (tertiary/aromatic N) is 1. The molecule has 0 aliphatic carbocycles. The third kappa shape index (κ3) is 5.94. The van der Waals surface area contributed by atoms with Crippen LogP contribution in [0.2, 0.25) is 5.02 Å². The maximum Gasteiger partial charge on any atom is 0.237 e. The van der Waals surface area contributed by atoms with Gasteiger partial charge in [-0.25, -0.2) is 4.98 Å². The molecule has 20 heavy (non-hydrogen) atoms. The van der Waals surface area contributed by atoms with Crippen LogP contribution >= 0.6 is 24.0 Å². The van der Waals surface area contributed by atoms with Crippen LogP contribution in [-0.2, 0) is 4.79 Å². The quantitative estimate of drug-likeness (QED) is 0.753. The molecule has 0 radical (unpaired) electrons. The molecule has 0 spiro atoms. The number of hydrogen-bond donors (Lipinski definition) is 2. The van der Waals surface area contributed by atoms with E-state index in [1.54, 1.807) is 18.3 Å². The van der Waals surface area contributed by atoms with Gasteiger partial charge in [-0.3, -0.25) is 4.79 Å². The highest BCUT2D eigenvalue weighted by Crippen LogP contribution is 2.19. The molecule has 0 aromatic carbocycles. The van der Waals surface area contributed by atoms with Gasteiger partial charge in [-0.1, -0.05) is 31.9 Å². The zero-order valence-corrected chi connectivity index (χ0v) is 13.2.